The first kappa shape index (κ1) is 18.4. The predicted octanol–water partition coefficient (Wildman–Crippen LogP) is 2.49. The summed E-state index contributed by atoms with van der Waals surface area (Å²) < 4.78 is 0. The molecule has 0 aromatic carbocycles. The average Bonchev–Trinajstić information content (AvgIpc) is 2.51. The second kappa shape index (κ2) is 10.2. The highest BCUT2D eigenvalue weighted by Gasteiger charge is 2.09. The third kappa shape index (κ3) is 7.41. The molecule has 22 heavy (non-hydrogen) atoms. The lowest BCUT2D eigenvalue weighted by atomic mass is 10.0. The number of aromatic nitrogens is 1. The van der Waals surface area contributed by atoms with E-state index < -0.39 is 6.10 Å². The summed E-state index contributed by atoms with van der Waals surface area (Å²) in [4.78, 5) is 8.44. The van der Waals surface area contributed by atoms with E-state index in [4.69, 9.17) is 0 Å². The largest absolute Gasteiger partial charge is 0.386 e. The molecule has 0 bridgehead atoms. The lowest BCUT2D eigenvalue weighted by Gasteiger charge is -2.19. The van der Waals surface area contributed by atoms with E-state index in [1.165, 1.54) is 6.42 Å². The molecule has 0 fully saturated rings. The molecular weight excluding hydrogens is 276 g/mol. The minimum atomic E-state index is -0.607. The third-order valence-electron chi connectivity index (χ3n) is 3.42. The highest BCUT2D eigenvalue weighted by atomic mass is 16.3. The standard InChI is InChI=1S/C17H30N4O/c1-5-19-17(21-14(4)7-6-13(2)3)20-12-16(22)15-8-10-18-11-9-15/h8-11,13-14,16,22H,5-7,12H2,1-4H3,(H2,19,20,21). The van der Waals surface area contributed by atoms with Gasteiger partial charge in [-0.25, -0.2) is 0 Å². The van der Waals surface area contributed by atoms with Gasteiger partial charge in [-0.05, 0) is 50.3 Å². The van der Waals surface area contributed by atoms with Gasteiger partial charge in [-0.3, -0.25) is 9.98 Å². The Hall–Kier alpha value is -1.62. The van der Waals surface area contributed by atoms with E-state index in [2.05, 4.69) is 41.4 Å². The van der Waals surface area contributed by atoms with Crippen LogP contribution < -0.4 is 10.6 Å². The maximum absolute atomic E-state index is 10.2. The number of aliphatic imine (C=N–C) groups is 1. The van der Waals surface area contributed by atoms with Gasteiger partial charge < -0.3 is 15.7 Å². The van der Waals surface area contributed by atoms with Crippen LogP contribution in [0.5, 0.6) is 0 Å². The minimum Gasteiger partial charge on any atom is -0.386 e. The zero-order valence-corrected chi connectivity index (χ0v) is 14.2. The molecule has 5 nitrogen and oxygen atoms in total. The molecule has 2 atom stereocenters. The molecule has 0 spiro atoms. The number of hydrogen-bond donors (Lipinski definition) is 3. The molecular formula is C17H30N4O. The average molecular weight is 306 g/mol. The molecule has 5 heteroatoms. The fraction of sp³-hybridized carbons (Fsp3) is 0.647. The normalized spacial score (nSPS) is 14.7. The maximum Gasteiger partial charge on any atom is 0.191 e. The van der Waals surface area contributed by atoms with Crippen LogP contribution in [0.1, 0.15) is 52.2 Å². The van der Waals surface area contributed by atoms with E-state index >= 15 is 0 Å². The van der Waals surface area contributed by atoms with Crippen LogP contribution in [0.25, 0.3) is 0 Å². The lowest BCUT2D eigenvalue weighted by molar-refractivity contribution is 0.187. The minimum absolute atomic E-state index is 0.330. The van der Waals surface area contributed by atoms with E-state index in [1.54, 1.807) is 12.4 Å². The Kier molecular flexibility index (Phi) is 8.51. The van der Waals surface area contributed by atoms with Crippen LogP contribution in [0.15, 0.2) is 29.5 Å². The Morgan fingerprint density at radius 3 is 2.50 bits per heavy atom. The summed E-state index contributed by atoms with van der Waals surface area (Å²) in [6, 6.07) is 3.98. The first-order chi connectivity index (χ1) is 10.5. The summed E-state index contributed by atoms with van der Waals surface area (Å²) in [6.45, 7) is 9.79. The van der Waals surface area contributed by atoms with Gasteiger partial charge in [-0.1, -0.05) is 13.8 Å². The zero-order valence-electron chi connectivity index (χ0n) is 14.2. The zero-order chi connectivity index (χ0) is 16.4. The number of aliphatic hydroxyl groups is 1. The van der Waals surface area contributed by atoms with E-state index in [-0.39, 0.29) is 0 Å². The van der Waals surface area contributed by atoms with Gasteiger partial charge in [0, 0.05) is 25.0 Å². The van der Waals surface area contributed by atoms with Crippen molar-refractivity contribution >= 4 is 5.96 Å². The van der Waals surface area contributed by atoms with Gasteiger partial charge in [0.25, 0.3) is 0 Å². The van der Waals surface area contributed by atoms with Crippen LogP contribution in [0.3, 0.4) is 0 Å². The lowest BCUT2D eigenvalue weighted by Crippen LogP contribution is -2.42. The molecule has 0 aliphatic rings. The third-order valence-corrected chi connectivity index (χ3v) is 3.42. The Balaban J connectivity index is 2.54. The van der Waals surface area contributed by atoms with Gasteiger partial charge in [-0.2, -0.15) is 0 Å². The van der Waals surface area contributed by atoms with Gasteiger partial charge in [0.15, 0.2) is 5.96 Å². The molecule has 0 radical (unpaired) electrons. The molecule has 2 unspecified atom stereocenters. The fourth-order valence-electron chi connectivity index (χ4n) is 2.08. The van der Waals surface area contributed by atoms with Crippen molar-refractivity contribution in [2.45, 2.75) is 52.7 Å². The van der Waals surface area contributed by atoms with Crippen molar-refractivity contribution in [3.63, 3.8) is 0 Å². The van der Waals surface area contributed by atoms with Crippen LogP contribution in [-0.2, 0) is 0 Å². The highest BCUT2D eigenvalue weighted by molar-refractivity contribution is 5.80. The quantitative estimate of drug-likeness (QED) is 0.510. The number of aliphatic hydroxyl groups excluding tert-OH is 1. The number of hydrogen-bond acceptors (Lipinski definition) is 3. The molecule has 1 heterocycles. The molecule has 0 aliphatic heterocycles. The Morgan fingerprint density at radius 2 is 1.91 bits per heavy atom. The van der Waals surface area contributed by atoms with Gasteiger partial charge >= 0.3 is 0 Å². The van der Waals surface area contributed by atoms with E-state index in [1.807, 2.05) is 19.1 Å². The van der Waals surface area contributed by atoms with Crippen molar-refractivity contribution in [2.24, 2.45) is 10.9 Å². The van der Waals surface area contributed by atoms with Crippen molar-refractivity contribution in [3.05, 3.63) is 30.1 Å². The Morgan fingerprint density at radius 1 is 1.23 bits per heavy atom. The summed E-state index contributed by atoms with van der Waals surface area (Å²) in [5, 5.41) is 16.8. The van der Waals surface area contributed by atoms with Crippen LogP contribution >= 0.6 is 0 Å². The van der Waals surface area contributed by atoms with Gasteiger partial charge in [-0.15, -0.1) is 0 Å². The van der Waals surface area contributed by atoms with E-state index in [9.17, 15) is 5.11 Å². The first-order valence-corrected chi connectivity index (χ1v) is 8.15. The number of pyridine rings is 1. The van der Waals surface area contributed by atoms with Crippen molar-refractivity contribution in [1.82, 2.24) is 15.6 Å². The first-order valence-electron chi connectivity index (χ1n) is 8.15. The molecule has 124 valence electrons. The van der Waals surface area contributed by atoms with Crippen LogP contribution in [0.4, 0.5) is 0 Å². The summed E-state index contributed by atoms with van der Waals surface area (Å²) in [5.41, 5.74) is 0.836. The maximum atomic E-state index is 10.2. The van der Waals surface area contributed by atoms with Crippen LogP contribution in [0.2, 0.25) is 0 Å². The van der Waals surface area contributed by atoms with Crippen LogP contribution in [0, 0.1) is 5.92 Å². The summed E-state index contributed by atoms with van der Waals surface area (Å²) >= 11 is 0. The van der Waals surface area contributed by atoms with E-state index in [0.29, 0.717) is 18.5 Å². The SMILES string of the molecule is CCNC(=NCC(O)c1ccncc1)NC(C)CCC(C)C. The number of nitrogens with zero attached hydrogens (tertiary/aromatic N) is 2. The summed E-state index contributed by atoms with van der Waals surface area (Å²) in [6.07, 6.45) is 5.05. The Labute approximate surface area is 134 Å². The molecule has 0 amide bonds. The topological polar surface area (TPSA) is 69.5 Å². The van der Waals surface area contributed by atoms with Crippen molar-refractivity contribution in [1.29, 1.82) is 0 Å². The highest BCUT2D eigenvalue weighted by Crippen LogP contribution is 2.11. The van der Waals surface area contributed by atoms with E-state index in [0.717, 1.165) is 24.5 Å². The Bertz CT molecular complexity index is 434. The van der Waals surface area contributed by atoms with Crippen molar-refractivity contribution in [2.75, 3.05) is 13.1 Å². The van der Waals surface area contributed by atoms with Crippen molar-refractivity contribution in [3.8, 4) is 0 Å². The number of rotatable bonds is 8. The molecule has 0 saturated carbocycles. The van der Waals surface area contributed by atoms with Crippen LogP contribution in [-0.4, -0.2) is 35.2 Å². The smallest absolute Gasteiger partial charge is 0.191 e. The van der Waals surface area contributed by atoms with Gasteiger partial charge in [0.2, 0.25) is 0 Å². The molecule has 1 aromatic rings. The van der Waals surface area contributed by atoms with Gasteiger partial charge in [0.05, 0.1) is 12.6 Å². The van der Waals surface area contributed by atoms with Gasteiger partial charge in [0.1, 0.15) is 0 Å². The molecule has 3 N–H and O–H groups in total. The monoisotopic (exact) mass is 306 g/mol. The molecule has 1 rings (SSSR count). The second-order valence-electron chi connectivity index (χ2n) is 6.03. The predicted molar refractivity (Wildman–Crippen MR) is 91.8 cm³/mol. The number of guanidine groups is 1. The van der Waals surface area contributed by atoms with Crippen molar-refractivity contribution < 1.29 is 5.11 Å². The second-order valence-corrected chi connectivity index (χ2v) is 6.03. The summed E-state index contributed by atoms with van der Waals surface area (Å²) in [7, 11) is 0. The number of nitrogens with one attached hydrogen (secondary N) is 2. The molecule has 1 aromatic heterocycles. The molecule has 0 saturated heterocycles. The fourth-order valence-corrected chi connectivity index (χ4v) is 2.08. The summed E-state index contributed by atoms with van der Waals surface area (Å²) in [5.74, 6) is 1.46. The molecule has 0 aliphatic carbocycles.